The Morgan fingerprint density at radius 2 is 1.90 bits per heavy atom. The first-order valence-electron chi connectivity index (χ1n) is 10.8. The molecule has 4 rings (SSSR count). The van der Waals surface area contributed by atoms with Crippen LogP contribution in [-0.4, -0.2) is 57.6 Å². The van der Waals surface area contributed by atoms with Gasteiger partial charge >= 0.3 is 0 Å². The van der Waals surface area contributed by atoms with Gasteiger partial charge in [0.1, 0.15) is 11.7 Å². The van der Waals surface area contributed by atoms with Crippen LogP contribution >= 0.6 is 0 Å². The van der Waals surface area contributed by atoms with Crippen molar-refractivity contribution in [3.8, 4) is 0 Å². The van der Waals surface area contributed by atoms with Crippen LogP contribution in [0.15, 0.2) is 6.07 Å². The van der Waals surface area contributed by atoms with Crippen LogP contribution < -0.4 is 10.6 Å². The molecule has 8 nitrogen and oxygen atoms in total. The number of nitrogens with one attached hydrogen (secondary N) is 1. The maximum atomic E-state index is 8.18. The summed E-state index contributed by atoms with van der Waals surface area (Å²) in [6, 6.07) is 2.42. The number of nitrogen functional groups attached to an aromatic ring is 1. The second-order valence-electron chi connectivity index (χ2n) is 9.99. The summed E-state index contributed by atoms with van der Waals surface area (Å²) in [6.07, 6.45) is 1.78. The van der Waals surface area contributed by atoms with Crippen LogP contribution in [-0.2, 0) is 9.47 Å². The Balaban J connectivity index is 1.92. The van der Waals surface area contributed by atoms with Crippen molar-refractivity contribution in [2.45, 2.75) is 77.5 Å². The van der Waals surface area contributed by atoms with Crippen LogP contribution in [0, 0.1) is 5.41 Å². The number of hydrogen-bond acceptors (Lipinski definition) is 7. The average molecular weight is 415 g/mol. The lowest BCUT2D eigenvalue weighted by Crippen LogP contribution is -2.45. The molecule has 0 bridgehead atoms. The zero-order chi connectivity index (χ0) is 21.8. The fraction of sp³-hybridized carbons (Fsp3) is 0.682. The molecule has 2 aromatic rings. The number of nitrogens with zero attached hydrogens (tertiary/aromatic N) is 4. The molecule has 8 heteroatoms. The first kappa shape index (κ1) is 21.1. The molecule has 0 radical (unpaired) electrons. The zero-order valence-electron chi connectivity index (χ0n) is 19.0. The van der Waals surface area contributed by atoms with E-state index < -0.39 is 0 Å². The van der Waals surface area contributed by atoms with Gasteiger partial charge in [0.15, 0.2) is 11.5 Å². The number of fused-ring (bicyclic) bond motifs is 1. The van der Waals surface area contributed by atoms with E-state index in [9.17, 15) is 0 Å². The molecule has 2 saturated heterocycles. The van der Waals surface area contributed by atoms with Crippen molar-refractivity contribution in [2.24, 2.45) is 0 Å². The number of nitrogens with two attached hydrogens (primary N) is 1. The van der Waals surface area contributed by atoms with E-state index in [-0.39, 0.29) is 23.2 Å². The van der Waals surface area contributed by atoms with Crippen molar-refractivity contribution >= 4 is 28.5 Å². The number of ether oxygens (including phenoxy) is 2. The molecule has 2 aliphatic heterocycles. The summed E-state index contributed by atoms with van der Waals surface area (Å²) in [4.78, 5) is 7.22. The SMILES string of the molecule is CC(=N)n1nc(N)c2c(C3CC(C)(C)OC(C)(C)C3)cc(N3CCOCC3C)nc21. The van der Waals surface area contributed by atoms with E-state index in [2.05, 4.69) is 50.7 Å². The molecule has 1 unspecified atom stereocenters. The van der Waals surface area contributed by atoms with Gasteiger partial charge in [-0.2, -0.15) is 4.68 Å². The number of hydrogen-bond donors (Lipinski definition) is 2. The second-order valence-corrected chi connectivity index (χ2v) is 9.99. The first-order valence-corrected chi connectivity index (χ1v) is 10.8. The Morgan fingerprint density at radius 1 is 1.23 bits per heavy atom. The summed E-state index contributed by atoms with van der Waals surface area (Å²) in [5, 5.41) is 13.5. The lowest BCUT2D eigenvalue weighted by molar-refractivity contribution is -0.161. The highest BCUT2D eigenvalue weighted by atomic mass is 16.5. The van der Waals surface area contributed by atoms with E-state index in [1.807, 2.05) is 0 Å². The largest absolute Gasteiger partial charge is 0.382 e. The topological polar surface area (TPSA) is 102 Å². The van der Waals surface area contributed by atoms with Gasteiger partial charge in [0, 0.05) is 6.54 Å². The third kappa shape index (κ3) is 3.78. The lowest BCUT2D eigenvalue weighted by atomic mass is 9.76. The van der Waals surface area contributed by atoms with Gasteiger partial charge in [0.2, 0.25) is 0 Å². The summed E-state index contributed by atoms with van der Waals surface area (Å²) < 4.78 is 13.5. The van der Waals surface area contributed by atoms with Crippen LogP contribution in [0.1, 0.15) is 65.9 Å². The molecule has 2 aliphatic rings. The molecule has 164 valence electrons. The van der Waals surface area contributed by atoms with Crippen molar-refractivity contribution in [1.29, 1.82) is 5.41 Å². The molecule has 0 aromatic carbocycles. The van der Waals surface area contributed by atoms with Crippen molar-refractivity contribution in [3.05, 3.63) is 11.6 Å². The first-order chi connectivity index (χ1) is 14.0. The van der Waals surface area contributed by atoms with Gasteiger partial charge in [0.05, 0.1) is 35.8 Å². The smallest absolute Gasteiger partial charge is 0.169 e. The molecular formula is C22H34N6O2. The molecule has 4 heterocycles. The van der Waals surface area contributed by atoms with Gasteiger partial charge in [-0.3, -0.25) is 5.41 Å². The number of pyridine rings is 1. The second kappa shape index (κ2) is 7.20. The average Bonchev–Trinajstić information content (AvgIpc) is 2.96. The van der Waals surface area contributed by atoms with E-state index in [0.717, 1.165) is 36.2 Å². The summed E-state index contributed by atoms with van der Waals surface area (Å²) in [5.74, 6) is 1.89. The fourth-order valence-corrected chi connectivity index (χ4v) is 5.24. The fourth-order valence-electron chi connectivity index (χ4n) is 5.24. The molecule has 30 heavy (non-hydrogen) atoms. The third-order valence-electron chi connectivity index (χ3n) is 6.13. The molecule has 0 amide bonds. The standard InChI is InChI=1S/C22H34N6O2/c1-13-12-29-8-7-27(13)17-9-16(15-10-21(3,4)30-22(5,6)11-15)18-19(24)26-28(14(2)23)20(18)25-17/h9,13,15,23H,7-8,10-12H2,1-6H3,(H2,24,26). The molecule has 2 aromatic heterocycles. The van der Waals surface area contributed by atoms with E-state index in [4.69, 9.17) is 25.6 Å². The number of anilines is 2. The van der Waals surface area contributed by atoms with E-state index in [0.29, 0.717) is 30.5 Å². The monoisotopic (exact) mass is 414 g/mol. The van der Waals surface area contributed by atoms with Gasteiger partial charge in [-0.15, -0.1) is 5.10 Å². The van der Waals surface area contributed by atoms with Crippen molar-refractivity contribution in [1.82, 2.24) is 14.8 Å². The predicted molar refractivity (Wildman–Crippen MR) is 120 cm³/mol. The van der Waals surface area contributed by atoms with Crippen LogP contribution in [0.4, 0.5) is 11.6 Å². The zero-order valence-corrected chi connectivity index (χ0v) is 19.0. The van der Waals surface area contributed by atoms with Gasteiger partial charge < -0.3 is 20.1 Å². The Hall–Kier alpha value is -2.19. The molecule has 1 atom stereocenters. The maximum Gasteiger partial charge on any atom is 0.169 e. The van der Waals surface area contributed by atoms with E-state index in [1.54, 1.807) is 11.6 Å². The predicted octanol–water partition coefficient (Wildman–Crippen LogP) is 3.54. The minimum Gasteiger partial charge on any atom is -0.382 e. The normalized spacial score (nSPS) is 24.3. The highest BCUT2D eigenvalue weighted by Gasteiger charge is 2.41. The number of morpholine rings is 1. The summed E-state index contributed by atoms with van der Waals surface area (Å²) in [6.45, 7) is 14.6. The van der Waals surface area contributed by atoms with Crippen LogP contribution in [0.25, 0.3) is 11.0 Å². The Morgan fingerprint density at radius 3 is 2.50 bits per heavy atom. The number of aromatic nitrogens is 3. The lowest BCUT2D eigenvalue weighted by Gasteiger charge is -2.46. The summed E-state index contributed by atoms with van der Waals surface area (Å²) >= 11 is 0. The minimum atomic E-state index is -0.239. The van der Waals surface area contributed by atoms with Crippen LogP contribution in [0.3, 0.4) is 0 Å². The molecule has 3 N–H and O–H groups in total. The highest BCUT2D eigenvalue weighted by Crippen LogP contribution is 2.46. The van der Waals surface area contributed by atoms with E-state index >= 15 is 0 Å². The quantitative estimate of drug-likeness (QED) is 0.576. The van der Waals surface area contributed by atoms with Crippen molar-refractivity contribution in [3.63, 3.8) is 0 Å². The highest BCUT2D eigenvalue weighted by molar-refractivity contribution is 5.97. The van der Waals surface area contributed by atoms with Crippen LogP contribution in [0.5, 0.6) is 0 Å². The van der Waals surface area contributed by atoms with Gasteiger partial charge in [-0.05, 0) is 71.9 Å². The third-order valence-corrected chi connectivity index (χ3v) is 6.13. The van der Waals surface area contributed by atoms with Crippen molar-refractivity contribution in [2.75, 3.05) is 30.4 Å². The molecule has 0 aliphatic carbocycles. The molecular weight excluding hydrogens is 380 g/mol. The summed E-state index contributed by atoms with van der Waals surface area (Å²) in [5.41, 5.74) is 7.72. The molecule has 0 saturated carbocycles. The maximum absolute atomic E-state index is 8.18. The molecule has 2 fully saturated rings. The Bertz CT molecular complexity index is 964. The number of rotatable bonds is 2. The molecule has 0 spiro atoms. The van der Waals surface area contributed by atoms with Gasteiger partial charge in [-0.25, -0.2) is 4.98 Å². The van der Waals surface area contributed by atoms with Crippen molar-refractivity contribution < 1.29 is 9.47 Å². The van der Waals surface area contributed by atoms with E-state index in [1.165, 1.54) is 0 Å². The van der Waals surface area contributed by atoms with Gasteiger partial charge in [-0.1, -0.05) is 0 Å². The Kier molecular flexibility index (Phi) is 5.05. The van der Waals surface area contributed by atoms with Gasteiger partial charge in [0.25, 0.3) is 0 Å². The Labute approximate surface area is 178 Å². The minimum absolute atomic E-state index is 0.230. The summed E-state index contributed by atoms with van der Waals surface area (Å²) in [7, 11) is 0. The van der Waals surface area contributed by atoms with Crippen LogP contribution in [0.2, 0.25) is 0 Å².